The molecule has 0 aliphatic carbocycles. The normalized spacial score (nSPS) is 8.48. The SMILES string of the molecule is CC.CC(=O)CCC(C)=O.COC(=O)c1cccc(C)c1. The van der Waals surface area contributed by atoms with Crippen LogP contribution in [0.1, 0.15) is 56.5 Å². The molecule has 0 atom stereocenters. The fraction of sp³-hybridized carbons (Fsp3) is 0.471. The highest BCUT2D eigenvalue weighted by molar-refractivity contribution is 5.89. The van der Waals surface area contributed by atoms with Gasteiger partial charge in [0.25, 0.3) is 0 Å². The van der Waals surface area contributed by atoms with Crippen LogP contribution >= 0.6 is 0 Å². The molecule has 0 radical (unpaired) electrons. The van der Waals surface area contributed by atoms with Crippen LogP contribution < -0.4 is 0 Å². The van der Waals surface area contributed by atoms with Gasteiger partial charge in [0.15, 0.2) is 0 Å². The van der Waals surface area contributed by atoms with E-state index >= 15 is 0 Å². The molecule has 0 amide bonds. The van der Waals surface area contributed by atoms with Crippen molar-refractivity contribution >= 4 is 17.5 Å². The third-order valence-corrected chi connectivity index (χ3v) is 2.27. The lowest BCUT2D eigenvalue weighted by molar-refractivity contribution is -0.122. The molecule has 1 aromatic carbocycles. The number of ketones is 2. The van der Waals surface area contributed by atoms with Crippen LogP contribution in [0.4, 0.5) is 0 Å². The molecule has 0 bridgehead atoms. The molecule has 118 valence electrons. The largest absolute Gasteiger partial charge is 0.465 e. The Balaban J connectivity index is 0. The number of aryl methyl sites for hydroxylation is 1. The molecule has 0 aliphatic rings. The Hall–Kier alpha value is -1.97. The Kier molecular flexibility index (Phi) is 13.2. The topological polar surface area (TPSA) is 60.4 Å². The summed E-state index contributed by atoms with van der Waals surface area (Å²) >= 11 is 0. The van der Waals surface area contributed by atoms with Crippen molar-refractivity contribution in [3.05, 3.63) is 35.4 Å². The number of esters is 1. The van der Waals surface area contributed by atoms with Crippen molar-refractivity contribution in [2.75, 3.05) is 7.11 Å². The molecule has 0 saturated heterocycles. The van der Waals surface area contributed by atoms with Gasteiger partial charge in [-0.25, -0.2) is 4.79 Å². The van der Waals surface area contributed by atoms with Gasteiger partial charge in [-0.3, -0.25) is 0 Å². The summed E-state index contributed by atoms with van der Waals surface area (Å²) in [6.45, 7) is 8.91. The molecule has 0 spiro atoms. The Bertz CT molecular complexity index is 436. The number of benzene rings is 1. The average molecular weight is 294 g/mol. The molecule has 0 N–H and O–H groups in total. The summed E-state index contributed by atoms with van der Waals surface area (Å²) in [7, 11) is 1.38. The molecule has 4 nitrogen and oxygen atoms in total. The van der Waals surface area contributed by atoms with Crippen molar-refractivity contribution in [1.29, 1.82) is 0 Å². The zero-order valence-electron chi connectivity index (χ0n) is 13.9. The van der Waals surface area contributed by atoms with Gasteiger partial charge in [-0.15, -0.1) is 0 Å². The first-order valence-corrected chi connectivity index (χ1v) is 7.00. The predicted molar refractivity (Wildman–Crippen MR) is 84.5 cm³/mol. The molecule has 1 aromatic rings. The van der Waals surface area contributed by atoms with Crippen molar-refractivity contribution in [3.63, 3.8) is 0 Å². The highest BCUT2D eigenvalue weighted by atomic mass is 16.5. The molecule has 0 saturated carbocycles. The quantitative estimate of drug-likeness (QED) is 0.793. The molecular formula is C17H26O4. The number of rotatable bonds is 4. The summed E-state index contributed by atoms with van der Waals surface area (Å²) in [4.78, 5) is 31.3. The van der Waals surface area contributed by atoms with Crippen LogP contribution in [-0.2, 0) is 14.3 Å². The summed E-state index contributed by atoms with van der Waals surface area (Å²) in [5, 5.41) is 0. The fourth-order valence-corrected chi connectivity index (χ4v) is 1.24. The first-order valence-electron chi connectivity index (χ1n) is 7.00. The Morgan fingerprint density at radius 1 is 1.00 bits per heavy atom. The van der Waals surface area contributed by atoms with Gasteiger partial charge in [-0.1, -0.05) is 31.5 Å². The van der Waals surface area contributed by atoms with Crippen LogP contribution in [0.2, 0.25) is 0 Å². The minimum absolute atomic E-state index is 0.0835. The zero-order valence-corrected chi connectivity index (χ0v) is 13.9. The van der Waals surface area contributed by atoms with Gasteiger partial charge in [0, 0.05) is 12.8 Å². The number of carbonyl (C=O) groups is 3. The van der Waals surface area contributed by atoms with Gasteiger partial charge in [0.05, 0.1) is 12.7 Å². The van der Waals surface area contributed by atoms with Crippen LogP contribution in [0.5, 0.6) is 0 Å². The maximum atomic E-state index is 10.9. The van der Waals surface area contributed by atoms with Crippen LogP contribution in [0, 0.1) is 6.92 Å². The second-order valence-corrected chi connectivity index (χ2v) is 4.27. The van der Waals surface area contributed by atoms with E-state index in [4.69, 9.17) is 0 Å². The fourth-order valence-electron chi connectivity index (χ4n) is 1.24. The molecule has 21 heavy (non-hydrogen) atoms. The van der Waals surface area contributed by atoms with E-state index in [-0.39, 0.29) is 17.5 Å². The molecule has 0 unspecified atom stereocenters. The van der Waals surface area contributed by atoms with Gasteiger partial charge in [0.1, 0.15) is 11.6 Å². The summed E-state index contributed by atoms with van der Waals surface area (Å²) in [5.74, 6) is -0.117. The number of methoxy groups -OCH3 is 1. The van der Waals surface area contributed by atoms with E-state index in [1.165, 1.54) is 21.0 Å². The van der Waals surface area contributed by atoms with Gasteiger partial charge in [-0.05, 0) is 32.9 Å². The van der Waals surface area contributed by atoms with Crippen LogP contribution in [-0.4, -0.2) is 24.6 Å². The lowest BCUT2D eigenvalue weighted by Gasteiger charge is -1.98. The first-order chi connectivity index (χ1) is 9.86. The first kappa shape index (κ1) is 21.3. The molecule has 0 fully saturated rings. The van der Waals surface area contributed by atoms with Crippen LogP contribution in [0.25, 0.3) is 0 Å². The Morgan fingerprint density at radius 2 is 1.48 bits per heavy atom. The minimum Gasteiger partial charge on any atom is -0.465 e. The van der Waals surface area contributed by atoms with Crippen LogP contribution in [0.15, 0.2) is 24.3 Å². The number of hydrogen-bond donors (Lipinski definition) is 0. The van der Waals surface area contributed by atoms with E-state index in [0.717, 1.165) is 5.56 Å². The summed E-state index contributed by atoms with van der Waals surface area (Å²) < 4.78 is 4.55. The predicted octanol–water partition coefficient (Wildman–Crippen LogP) is 3.75. The lowest BCUT2D eigenvalue weighted by Crippen LogP contribution is -2.00. The molecular weight excluding hydrogens is 268 g/mol. The summed E-state index contributed by atoms with van der Waals surface area (Å²) in [6, 6.07) is 7.30. The monoisotopic (exact) mass is 294 g/mol. The minimum atomic E-state index is -0.284. The molecule has 4 heteroatoms. The van der Waals surface area contributed by atoms with Crippen molar-refractivity contribution in [2.24, 2.45) is 0 Å². The standard InChI is InChI=1S/C9H10O2.C6H10O2.C2H6/c1-7-4-3-5-8(6-7)9(10)11-2;1-5(7)3-4-6(2)8;1-2/h3-6H,1-2H3;3-4H2,1-2H3;1-2H3. The Labute approximate surface area is 127 Å². The van der Waals surface area contributed by atoms with Gasteiger partial charge in [-0.2, -0.15) is 0 Å². The number of ether oxygens (including phenoxy) is 1. The maximum Gasteiger partial charge on any atom is 0.337 e. The Morgan fingerprint density at radius 3 is 1.81 bits per heavy atom. The highest BCUT2D eigenvalue weighted by Gasteiger charge is 2.02. The molecule has 1 rings (SSSR count). The van der Waals surface area contributed by atoms with E-state index in [0.29, 0.717) is 18.4 Å². The van der Waals surface area contributed by atoms with E-state index in [2.05, 4.69) is 4.74 Å². The smallest absolute Gasteiger partial charge is 0.337 e. The highest BCUT2D eigenvalue weighted by Crippen LogP contribution is 2.04. The van der Waals surface area contributed by atoms with Gasteiger partial charge >= 0.3 is 5.97 Å². The van der Waals surface area contributed by atoms with Gasteiger partial charge < -0.3 is 14.3 Å². The number of hydrogen-bond acceptors (Lipinski definition) is 4. The van der Waals surface area contributed by atoms with Crippen molar-refractivity contribution in [3.8, 4) is 0 Å². The van der Waals surface area contributed by atoms with Crippen molar-refractivity contribution in [2.45, 2.75) is 47.5 Å². The molecule has 0 aliphatic heterocycles. The second-order valence-electron chi connectivity index (χ2n) is 4.27. The van der Waals surface area contributed by atoms with E-state index in [9.17, 15) is 14.4 Å². The van der Waals surface area contributed by atoms with E-state index < -0.39 is 0 Å². The molecule has 0 aromatic heterocycles. The summed E-state index contributed by atoms with van der Waals surface area (Å²) in [5.41, 5.74) is 1.67. The number of Topliss-reactive ketones (excluding diaryl/α,β-unsaturated/α-hetero) is 2. The molecule has 0 heterocycles. The van der Waals surface area contributed by atoms with Crippen LogP contribution in [0.3, 0.4) is 0 Å². The maximum absolute atomic E-state index is 10.9. The number of carbonyl (C=O) groups excluding carboxylic acids is 3. The second kappa shape index (κ2) is 13.0. The van der Waals surface area contributed by atoms with Crippen molar-refractivity contribution < 1.29 is 19.1 Å². The van der Waals surface area contributed by atoms with Crippen molar-refractivity contribution in [1.82, 2.24) is 0 Å². The summed E-state index contributed by atoms with van der Waals surface area (Å²) in [6.07, 6.45) is 0.796. The lowest BCUT2D eigenvalue weighted by atomic mass is 10.1. The zero-order chi connectivity index (χ0) is 16.8. The van der Waals surface area contributed by atoms with E-state index in [1.54, 1.807) is 12.1 Å². The third kappa shape index (κ3) is 12.8. The van der Waals surface area contributed by atoms with E-state index in [1.807, 2.05) is 32.9 Å². The third-order valence-electron chi connectivity index (χ3n) is 2.27. The average Bonchev–Trinajstić information content (AvgIpc) is 2.47. The van der Waals surface area contributed by atoms with Gasteiger partial charge in [0.2, 0.25) is 0 Å².